The number of hydrogen-bond acceptors (Lipinski definition) is 6. The number of nitrogens with two attached hydrogens (primary N) is 1. The van der Waals surface area contributed by atoms with E-state index >= 15 is 0 Å². The van der Waals surface area contributed by atoms with E-state index in [9.17, 15) is 4.79 Å². The number of amides is 1. The second-order valence-corrected chi connectivity index (χ2v) is 3.93. The van der Waals surface area contributed by atoms with Crippen LogP contribution < -0.4 is 20.5 Å². The Morgan fingerprint density at radius 3 is 2.95 bits per heavy atom. The molecule has 1 aromatic heterocycles. The first-order valence-electron chi connectivity index (χ1n) is 5.86. The Balaban J connectivity index is 2.02. The van der Waals surface area contributed by atoms with Gasteiger partial charge in [0.25, 0.3) is 5.91 Å². The third-order valence-corrected chi connectivity index (χ3v) is 2.47. The molecular weight excluding hydrogens is 262 g/mol. The number of nitrogens with zero attached hydrogens (tertiary/aromatic N) is 2. The van der Waals surface area contributed by atoms with Gasteiger partial charge in [-0.05, 0) is 17.7 Å². The number of nitrogens with one attached hydrogen (secondary N) is 2. The van der Waals surface area contributed by atoms with Crippen molar-refractivity contribution in [3.8, 4) is 11.5 Å². The van der Waals surface area contributed by atoms with Crippen LogP contribution in [0.5, 0.6) is 11.5 Å². The van der Waals surface area contributed by atoms with Crippen LogP contribution in [0.25, 0.3) is 0 Å². The van der Waals surface area contributed by atoms with E-state index in [-0.39, 0.29) is 6.61 Å². The molecule has 1 heterocycles. The van der Waals surface area contributed by atoms with Crippen molar-refractivity contribution in [1.29, 1.82) is 0 Å². The Morgan fingerprint density at radius 1 is 1.45 bits per heavy atom. The first-order valence-corrected chi connectivity index (χ1v) is 5.86. The summed E-state index contributed by atoms with van der Waals surface area (Å²) in [5, 5.41) is 9.50. The molecule has 0 spiro atoms. The maximum Gasteiger partial charge on any atom is 0.255 e. The van der Waals surface area contributed by atoms with E-state index in [4.69, 9.17) is 15.2 Å². The van der Waals surface area contributed by atoms with Gasteiger partial charge in [-0.1, -0.05) is 6.07 Å². The predicted octanol–water partition coefficient (Wildman–Crippen LogP) is 0.289. The predicted molar refractivity (Wildman–Crippen MR) is 71.4 cm³/mol. The number of hydrogen-bond donors (Lipinski definition) is 3. The Hall–Kier alpha value is -2.77. The average molecular weight is 277 g/mol. The highest BCUT2D eigenvalue weighted by Gasteiger charge is 2.07. The SMILES string of the molecule is COc1cc(CNc2ncn[nH]2)ccc1OCC(N)=O. The van der Waals surface area contributed by atoms with Gasteiger partial charge in [0, 0.05) is 6.54 Å². The largest absolute Gasteiger partial charge is 0.493 e. The van der Waals surface area contributed by atoms with Crippen LogP contribution >= 0.6 is 0 Å². The molecule has 0 unspecified atom stereocenters. The summed E-state index contributed by atoms with van der Waals surface area (Å²) in [6, 6.07) is 5.38. The number of carbonyl (C=O) groups excluding carboxylic acids is 1. The summed E-state index contributed by atoms with van der Waals surface area (Å²) in [4.78, 5) is 14.7. The molecule has 0 saturated heterocycles. The highest BCUT2D eigenvalue weighted by molar-refractivity contribution is 5.75. The molecule has 0 aliphatic rings. The number of aromatic amines is 1. The number of H-pyrrole nitrogens is 1. The summed E-state index contributed by atoms with van der Waals surface area (Å²) in [5.41, 5.74) is 6.00. The highest BCUT2D eigenvalue weighted by Crippen LogP contribution is 2.28. The minimum atomic E-state index is -0.539. The standard InChI is InChI=1S/C12H15N5O3/c1-19-10-4-8(5-14-12-15-7-16-17-12)2-3-9(10)20-6-11(13)18/h2-4,7H,5-6H2,1H3,(H2,13,18)(H2,14,15,16,17). The average Bonchev–Trinajstić information content (AvgIpc) is 2.96. The van der Waals surface area contributed by atoms with Gasteiger partial charge in [-0.15, -0.1) is 0 Å². The van der Waals surface area contributed by atoms with Crippen LogP contribution in [0, 0.1) is 0 Å². The molecule has 106 valence electrons. The van der Waals surface area contributed by atoms with E-state index in [0.717, 1.165) is 5.56 Å². The topological polar surface area (TPSA) is 115 Å². The fraction of sp³-hybridized carbons (Fsp3) is 0.250. The summed E-state index contributed by atoms with van der Waals surface area (Å²) in [7, 11) is 1.53. The summed E-state index contributed by atoms with van der Waals surface area (Å²) < 4.78 is 10.5. The first-order chi connectivity index (χ1) is 9.69. The molecule has 1 amide bonds. The quantitative estimate of drug-likeness (QED) is 0.670. The lowest BCUT2D eigenvalue weighted by molar-refractivity contribution is -0.119. The minimum Gasteiger partial charge on any atom is -0.493 e. The molecular formula is C12H15N5O3. The van der Waals surface area contributed by atoms with Crippen molar-refractivity contribution in [1.82, 2.24) is 15.2 Å². The van der Waals surface area contributed by atoms with Gasteiger partial charge < -0.3 is 20.5 Å². The zero-order valence-corrected chi connectivity index (χ0v) is 10.9. The minimum absolute atomic E-state index is 0.188. The van der Waals surface area contributed by atoms with Crippen LogP contribution in [0.15, 0.2) is 24.5 Å². The van der Waals surface area contributed by atoms with E-state index in [1.807, 2.05) is 6.07 Å². The van der Waals surface area contributed by atoms with Crippen molar-refractivity contribution in [2.24, 2.45) is 5.73 Å². The molecule has 8 nitrogen and oxygen atoms in total. The van der Waals surface area contributed by atoms with E-state index in [1.165, 1.54) is 13.4 Å². The normalized spacial score (nSPS) is 10.1. The summed E-state index contributed by atoms with van der Waals surface area (Å²) >= 11 is 0. The lowest BCUT2D eigenvalue weighted by Crippen LogP contribution is -2.20. The summed E-state index contributed by atoms with van der Waals surface area (Å²) in [5.74, 6) is 1.04. The van der Waals surface area contributed by atoms with Crippen molar-refractivity contribution in [3.63, 3.8) is 0 Å². The Morgan fingerprint density at radius 2 is 2.30 bits per heavy atom. The lowest BCUT2D eigenvalue weighted by Gasteiger charge is -2.11. The smallest absolute Gasteiger partial charge is 0.255 e. The van der Waals surface area contributed by atoms with Crippen LogP contribution in [0.2, 0.25) is 0 Å². The van der Waals surface area contributed by atoms with Crippen molar-refractivity contribution < 1.29 is 14.3 Å². The van der Waals surface area contributed by atoms with Crippen LogP contribution in [-0.4, -0.2) is 34.8 Å². The van der Waals surface area contributed by atoms with E-state index in [2.05, 4.69) is 20.5 Å². The Bertz CT molecular complexity index is 570. The number of ether oxygens (including phenoxy) is 2. The van der Waals surface area contributed by atoms with Crippen molar-refractivity contribution >= 4 is 11.9 Å². The van der Waals surface area contributed by atoms with Gasteiger partial charge in [-0.2, -0.15) is 5.10 Å². The molecule has 20 heavy (non-hydrogen) atoms. The van der Waals surface area contributed by atoms with Crippen LogP contribution in [0.1, 0.15) is 5.56 Å². The summed E-state index contributed by atoms with van der Waals surface area (Å²) in [6.45, 7) is 0.355. The summed E-state index contributed by atoms with van der Waals surface area (Å²) in [6.07, 6.45) is 1.42. The van der Waals surface area contributed by atoms with Crippen LogP contribution in [0.3, 0.4) is 0 Å². The Labute approximate surface area is 115 Å². The van der Waals surface area contributed by atoms with Crippen LogP contribution in [-0.2, 0) is 11.3 Å². The first kappa shape index (κ1) is 13.7. The molecule has 0 atom stereocenters. The second-order valence-electron chi connectivity index (χ2n) is 3.93. The third kappa shape index (κ3) is 3.61. The molecule has 0 saturated carbocycles. The van der Waals surface area contributed by atoms with Gasteiger partial charge in [-0.25, -0.2) is 10.1 Å². The third-order valence-electron chi connectivity index (χ3n) is 2.47. The number of primary amides is 1. The molecule has 0 bridgehead atoms. The number of aromatic nitrogens is 3. The van der Waals surface area contributed by atoms with Crippen molar-refractivity contribution in [2.45, 2.75) is 6.54 Å². The molecule has 2 aromatic rings. The molecule has 4 N–H and O–H groups in total. The second kappa shape index (κ2) is 6.41. The van der Waals surface area contributed by atoms with Gasteiger partial charge in [0.15, 0.2) is 18.1 Å². The van der Waals surface area contributed by atoms with Gasteiger partial charge >= 0.3 is 0 Å². The van der Waals surface area contributed by atoms with E-state index in [0.29, 0.717) is 24.0 Å². The number of anilines is 1. The van der Waals surface area contributed by atoms with Crippen molar-refractivity contribution in [2.75, 3.05) is 19.0 Å². The highest BCUT2D eigenvalue weighted by atomic mass is 16.5. The zero-order chi connectivity index (χ0) is 14.4. The molecule has 2 rings (SSSR count). The van der Waals surface area contributed by atoms with Gasteiger partial charge in [0.2, 0.25) is 5.95 Å². The molecule has 0 aliphatic heterocycles. The van der Waals surface area contributed by atoms with E-state index in [1.54, 1.807) is 12.1 Å². The molecule has 8 heteroatoms. The van der Waals surface area contributed by atoms with Gasteiger partial charge in [0.05, 0.1) is 7.11 Å². The zero-order valence-electron chi connectivity index (χ0n) is 10.9. The molecule has 0 aliphatic carbocycles. The monoisotopic (exact) mass is 277 g/mol. The van der Waals surface area contributed by atoms with Crippen molar-refractivity contribution in [3.05, 3.63) is 30.1 Å². The molecule has 1 aromatic carbocycles. The lowest BCUT2D eigenvalue weighted by atomic mass is 10.2. The number of benzene rings is 1. The number of rotatable bonds is 7. The maximum absolute atomic E-state index is 10.7. The number of carbonyl (C=O) groups is 1. The fourth-order valence-corrected chi connectivity index (χ4v) is 1.57. The van der Waals surface area contributed by atoms with Gasteiger partial charge in [-0.3, -0.25) is 4.79 Å². The molecule has 0 radical (unpaired) electrons. The Kier molecular flexibility index (Phi) is 4.38. The fourth-order valence-electron chi connectivity index (χ4n) is 1.57. The van der Waals surface area contributed by atoms with Crippen LogP contribution in [0.4, 0.5) is 5.95 Å². The van der Waals surface area contributed by atoms with E-state index < -0.39 is 5.91 Å². The van der Waals surface area contributed by atoms with Gasteiger partial charge in [0.1, 0.15) is 6.33 Å². The molecule has 0 fully saturated rings. The number of methoxy groups -OCH3 is 1. The maximum atomic E-state index is 10.7.